The molecule has 2 aromatic rings. The van der Waals surface area contributed by atoms with Crippen molar-refractivity contribution < 1.29 is 4.74 Å². The number of para-hydroxylation sites is 1. The van der Waals surface area contributed by atoms with Gasteiger partial charge >= 0.3 is 0 Å². The van der Waals surface area contributed by atoms with Gasteiger partial charge in [-0.3, -0.25) is 4.90 Å². The SMILES string of the molecule is CC(CN1CCOCC1)Nc1ncc2ccccc2n1. The zero-order valence-electron chi connectivity index (χ0n) is 11.7. The molecular weight excluding hydrogens is 252 g/mol. The summed E-state index contributed by atoms with van der Waals surface area (Å²) in [6.07, 6.45) is 1.87. The highest BCUT2D eigenvalue weighted by atomic mass is 16.5. The number of hydrogen-bond acceptors (Lipinski definition) is 5. The first-order valence-corrected chi connectivity index (χ1v) is 7.10. The number of aromatic nitrogens is 2. The van der Waals surface area contributed by atoms with Crippen molar-refractivity contribution in [3.8, 4) is 0 Å². The topological polar surface area (TPSA) is 50.3 Å². The van der Waals surface area contributed by atoms with E-state index in [2.05, 4.69) is 27.1 Å². The first-order chi connectivity index (χ1) is 9.81. The van der Waals surface area contributed by atoms with Gasteiger partial charge in [-0.1, -0.05) is 18.2 Å². The van der Waals surface area contributed by atoms with Crippen molar-refractivity contribution in [2.75, 3.05) is 38.2 Å². The predicted octanol–water partition coefficient (Wildman–Crippen LogP) is 1.76. The first-order valence-electron chi connectivity index (χ1n) is 7.10. The molecule has 1 aromatic carbocycles. The number of anilines is 1. The van der Waals surface area contributed by atoms with E-state index in [-0.39, 0.29) is 0 Å². The van der Waals surface area contributed by atoms with E-state index in [4.69, 9.17) is 4.74 Å². The van der Waals surface area contributed by atoms with Crippen LogP contribution in [0.2, 0.25) is 0 Å². The number of rotatable bonds is 4. The van der Waals surface area contributed by atoms with Gasteiger partial charge in [0.2, 0.25) is 5.95 Å². The molecule has 3 rings (SSSR count). The summed E-state index contributed by atoms with van der Waals surface area (Å²) in [5.74, 6) is 0.699. The second-order valence-electron chi connectivity index (χ2n) is 5.21. The van der Waals surface area contributed by atoms with Crippen LogP contribution < -0.4 is 5.32 Å². The summed E-state index contributed by atoms with van der Waals surface area (Å²) in [6, 6.07) is 8.34. The quantitative estimate of drug-likeness (QED) is 0.919. The van der Waals surface area contributed by atoms with Gasteiger partial charge in [-0.25, -0.2) is 9.97 Å². The largest absolute Gasteiger partial charge is 0.379 e. The highest BCUT2D eigenvalue weighted by Crippen LogP contribution is 2.12. The Morgan fingerprint density at radius 1 is 1.30 bits per heavy atom. The third-order valence-corrected chi connectivity index (χ3v) is 3.50. The summed E-state index contributed by atoms with van der Waals surface area (Å²) in [5, 5.41) is 4.45. The predicted molar refractivity (Wildman–Crippen MR) is 79.9 cm³/mol. The molecule has 1 saturated heterocycles. The summed E-state index contributed by atoms with van der Waals surface area (Å²) in [4.78, 5) is 11.3. The maximum atomic E-state index is 5.36. The van der Waals surface area contributed by atoms with Crippen molar-refractivity contribution in [2.24, 2.45) is 0 Å². The lowest BCUT2D eigenvalue weighted by atomic mass is 10.2. The minimum Gasteiger partial charge on any atom is -0.379 e. The van der Waals surface area contributed by atoms with E-state index in [1.165, 1.54) is 0 Å². The molecule has 0 amide bonds. The summed E-state index contributed by atoms with van der Waals surface area (Å²) in [7, 11) is 0. The third kappa shape index (κ3) is 3.23. The molecule has 5 nitrogen and oxygen atoms in total. The van der Waals surface area contributed by atoms with Crippen molar-refractivity contribution in [3.63, 3.8) is 0 Å². The zero-order chi connectivity index (χ0) is 13.8. The molecule has 1 fully saturated rings. The molecule has 2 heterocycles. The lowest BCUT2D eigenvalue weighted by Crippen LogP contribution is -2.42. The van der Waals surface area contributed by atoms with Crippen molar-refractivity contribution >= 4 is 16.9 Å². The second kappa shape index (κ2) is 6.15. The van der Waals surface area contributed by atoms with Crippen molar-refractivity contribution in [3.05, 3.63) is 30.5 Å². The summed E-state index contributed by atoms with van der Waals surface area (Å²) >= 11 is 0. The van der Waals surface area contributed by atoms with E-state index < -0.39 is 0 Å². The molecule has 1 atom stereocenters. The Hall–Kier alpha value is -1.72. The smallest absolute Gasteiger partial charge is 0.223 e. The average Bonchev–Trinajstić information content (AvgIpc) is 2.48. The molecular formula is C15H20N4O. The van der Waals surface area contributed by atoms with Crippen molar-refractivity contribution in [1.82, 2.24) is 14.9 Å². The maximum Gasteiger partial charge on any atom is 0.223 e. The van der Waals surface area contributed by atoms with Crippen LogP contribution in [0.15, 0.2) is 30.5 Å². The number of nitrogens with zero attached hydrogens (tertiary/aromatic N) is 3. The molecule has 0 spiro atoms. The minimum atomic E-state index is 0.314. The molecule has 106 valence electrons. The minimum absolute atomic E-state index is 0.314. The molecule has 0 bridgehead atoms. The number of fused-ring (bicyclic) bond motifs is 1. The summed E-state index contributed by atoms with van der Waals surface area (Å²) in [6.45, 7) is 6.82. The highest BCUT2D eigenvalue weighted by molar-refractivity contribution is 5.78. The zero-order valence-corrected chi connectivity index (χ0v) is 11.7. The fourth-order valence-corrected chi connectivity index (χ4v) is 2.48. The Morgan fingerprint density at radius 2 is 2.10 bits per heavy atom. The van der Waals surface area contributed by atoms with E-state index in [1.807, 2.05) is 30.5 Å². The van der Waals surface area contributed by atoms with Crippen LogP contribution in [-0.4, -0.2) is 53.8 Å². The van der Waals surface area contributed by atoms with Crippen molar-refractivity contribution in [1.29, 1.82) is 0 Å². The van der Waals surface area contributed by atoms with E-state index in [0.717, 1.165) is 43.8 Å². The van der Waals surface area contributed by atoms with Gasteiger partial charge in [0.25, 0.3) is 0 Å². The first kappa shape index (κ1) is 13.3. The molecule has 1 aliphatic heterocycles. The van der Waals surface area contributed by atoms with Crippen LogP contribution in [0.3, 0.4) is 0 Å². The van der Waals surface area contributed by atoms with Gasteiger partial charge in [0.05, 0.1) is 18.7 Å². The molecule has 1 aromatic heterocycles. The van der Waals surface area contributed by atoms with Gasteiger partial charge in [0, 0.05) is 37.3 Å². The number of ether oxygens (including phenoxy) is 1. The summed E-state index contributed by atoms with van der Waals surface area (Å²) in [5.41, 5.74) is 0.976. The monoisotopic (exact) mass is 272 g/mol. The van der Waals surface area contributed by atoms with Crippen LogP contribution in [-0.2, 0) is 4.74 Å². The molecule has 1 unspecified atom stereocenters. The molecule has 0 radical (unpaired) electrons. The van der Waals surface area contributed by atoms with Gasteiger partial charge in [0.15, 0.2) is 0 Å². The number of morpholine rings is 1. The maximum absolute atomic E-state index is 5.36. The fourth-order valence-electron chi connectivity index (χ4n) is 2.48. The Bertz CT molecular complexity index is 569. The molecule has 0 saturated carbocycles. The van der Waals surface area contributed by atoms with E-state index >= 15 is 0 Å². The lowest BCUT2D eigenvalue weighted by molar-refractivity contribution is 0.0368. The van der Waals surface area contributed by atoms with Gasteiger partial charge < -0.3 is 10.1 Å². The lowest BCUT2D eigenvalue weighted by Gasteiger charge is -2.29. The van der Waals surface area contributed by atoms with Gasteiger partial charge in [-0.2, -0.15) is 0 Å². The average molecular weight is 272 g/mol. The molecule has 1 N–H and O–H groups in total. The van der Waals surface area contributed by atoms with Crippen molar-refractivity contribution in [2.45, 2.75) is 13.0 Å². The van der Waals surface area contributed by atoms with Gasteiger partial charge in [0.1, 0.15) is 0 Å². The van der Waals surface area contributed by atoms with E-state index in [1.54, 1.807) is 0 Å². The fraction of sp³-hybridized carbons (Fsp3) is 0.467. The standard InChI is InChI=1S/C15H20N4O/c1-12(11-19-6-8-20-9-7-19)17-15-16-10-13-4-2-3-5-14(13)18-15/h2-5,10,12H,6-9,11H2,1H3,(H,16,17,18). The summed E-state index contributed by atoms with van der Waals surface area (Å²) < 4.78 is 5.36. The Labute approximate surface area is 119 Å². The molecule has 20 heavy (non-hydrogen) atoms. The molecule has 1 aliphatic rings. The Kier molecular flexibility index (Phi) is 4.08. The van der Waals surface area contributed by atoms with Crippen LogP contribution in [0.4, 0.5) is 5.95 Å². The van der Waals surface area contributed by atoms with E-state index in [0.29, 0.717) is 12.0 Å². The number of nitrogens with one attached hydrogen (secondary N) is 1. The molecule has 0 aliphatic carbocycles. The number of hydrogen-bond donors (Lipinski definition) is 1. The second-order valence-corrected chi connectivity index (χ2v) is 5.21. The van der Waals surface area contributed by atoms with Crippen LogP contribution in [0, 0.1) is 0 Å². The van der Waals surface area contributed by atoms with Crippen LogP contribution in [0.5, 0.6) is 0 Å². The van der Waals surface area contributed by atoms with Crippen LogP contribution in [0.1, 0.15) is 6.92 Å². The molecule has 5 heteroatoms. The third-order valence-electron chi connectivity index (χ3n) is 3.50. The Balaban J connectivity index is 1.62. The number of benzene rings is 1. The normalized spacial score (nSPS) is 18.1. The van der Waals surface area contributed by atoms with E-state index in [9.17, 15) is 0 Å². The van der Waals surface area contributed by atoms with Crippen LogP contribution in [0.25, 0.3) is 10.9 Å². The van der Waals surface area contributed by atoms with Crippen LogP contribution >= 0.6 is 0 Å². The van der Waals surface area contributed by atoms with Gasteiger partial charge in [-0.15, -0.1) is 0 Å². The Morgan fingerprint density at radius 3 is 2.95 bits per heavy atom. The van der Waals surface area contributed by atoms with Gasteiger partial charge in [-0.05, 0) is 13.0 Å². The highest BCUT2D eigenvalue weighted by Gasteiger charge is 2.14.